The lowest BCUT2D eigenvalue weighted by atomic mass is 10.1. The van der Waals surface area contributed by atoms with Crippen LogP contribution in [0.2, 0.25) is 5.02 Å². The van der Waals surface area contributed by atoms with Gasteiger partial charge in [0, 0.05) is 17.2 Å². The summed E-state index contributed by atoms with van der Waals surface area (Å²) in [7, 11) is 0. The Hall–Kier alpha value is -3.97. The number of amides is 4. The zero-order chi connectivity index (χ0) is 27.4. The molecule has 0 saturated carbocycles. The molecule has 1 aliphatic heterocycles. The van der Waals surface area contributed by atoms with Gasteiger partial charge in [-0.3, -0.25) is 25.0 Å². The molecule has 4 rings (SSSR count). The number of nitro groups is 1. The highest BCUT2D eigenvalue weighted by Crippen LogP contribution is 2.36. The van der Waals surface area contributed by atoms with Gasteiger partial charge in [0.25, 0.3) is 17.5 Å². The highest BCUT2D eigenvalue weighted by atomic mass is 127. The number of halogens is 2. The molecule has 1 N–H and O–H groups in total. The van der Waals surface area contributed by atoms with E-state index in [2.05, 4.69) is 5.32 Å². The largest absolute Gasteiger partial charge is 0.490 e. The van der Waals surface area contributed by atoms with Crippen LogP contribution in [0.4, 0.5) is 16.2 Å². The SMILES string of the molecule is CCOc1cc(/C=C2\C(=O)NC(=O)N(c3cccc(Cl)c3)C2=O)cc(I)c1OCc1cccc([N+](=O)[O-])c1. The fourth-order valence-electron chi connectivity index (χ4n) is 3.66. The fourth-order valence-corrected chi connectivity index (χ4v) is 4.63. The first kappa shape index (κ1) is 27.1. The Kier molecular flexibility index (Phi) is 8.27. The molecule has 1 saturated heterocycles. The van der Waals surface area contributed by atoms with Gasteiger partial charge in [-0.05, 0) is 77.0 Å². The second kappa shape index (κ2) is 11.6. The maximum absolute atomic E-state index is 13.2. The van der Waals surface area contributed by atoms with E-state index in [1.54, 1.807) is 43.3 Å². The third-order valence-electron chi connectivity index (χ3n) is 5.32. The molecule has 0 unspecified atom stereocenters. The van der Waals surface area contributed by atoms with Gasteiger partial charge >= 0.3 is 6.03 Å². The molecule has 1 heterocycles. The average molecular weight is 648 g/mol. The van der Waals surface area contributed by atoms with Crippen LogP contribution in [0.1, 0.15) is 18.1 Å². The van der Waals surface area contributed by atoms with Crippen LogP contribution in [-0.2, 0) is 16.2 Å². The molecule has 0 bridgehead atoms. The smallest absolute Gasteiger partial charge is 0.335 e. The molecule has 0 aromatic heterocycles. The lowest BCUT2D eigenvalue weighted by Crippen LogP contribution is -2.54. The zero-order valence-electron chi connectivity index (χ0n) is 19.8. The van der Waals surface area contributed by atoms with Crippen molar-refractivity contribution in [1.82, 2.24) is 5.32 Å². The van der Waals surface area contributed by atoms with Crippen LogP contribution >= 0.6 is 34.2 Å². The van der Waals surface area contributed by atoms with E-state index >= 15 is 0 Å². The standard InChI is InChI=1S/C26H19ClIN3O7/c1-2-37-22-12-16(11-21(28)23(22)38-14-15-5-3-8-19(9-15)31(35)36)10-20-24(32)29-26(34)30(25(20)33)18-7-4-6-17(27)13-18/h3-13H,2,14H2,1H3,(H,29,32,34)/b20-10+. The number of hydrogen-bond acceptors (Lipinski definition) is 7. The van der Waals surface area contributed by atoms with E-state index in [-0.39, 0.29) is 23.6 Å². The van der Waals surface area contributed by atoms with Crippen LogP contribution in [0.15, 0.2) is 66.2 Å². The van der Waals surface area contributed by atoms with Crippen LogP contribution in [0, 0.1) is 13.7 Å². The molecule has 0 aliphatic carbocycles. The molecule has 0 atom stereocenters. The number of anilines is 1. The van der Waals surface area contributed by atoms with Gasteiger partial charge in [-0.2, -0.15) is 0 Å². The molecule has 10 nitrogen and oxygen atoms in total. The summed E-state index contributed by atoms with van der Waals surface area (Å²) in [5, 5.41) is 13.6. The Morgan fingerprint density at radius 3 is 2.55 bits per heavy atom. The Labute approximate surface area is 235 Å². The second-order valence-corrected chi connectivity index (χ2v) is 9.52. The first-order valence-corrected chi connectivity index (χ1v) is 12.6. The number of ether oxygens (including phenoxy) is 2. The molecule has 12 heteroatoms. The molecule has 38 heavy (non-hydrogen) atoms. The predicted octanol–water partition coefficient (Wildman–Crippen LogP) is 5.50. The van der Waals surface area contributed by atoms with Crippen molar-refractivity contribution in [3.8, 4) is 11.5 Å². The number of carbonyl (C=O) groups is 3. The number of benzene rings is 3. The number of urea groups is 1. The van der Waals surface area contributed by atoms with E-state index < -0.39 is 22.8 Å². The summed E-state index contributed by atoms with van der Waals surface area (Å²) in [4.78, 5) is 49.6. The van der Waals surface area contributed by atoms with Crippen LogP contribution in [0.5, 0.6) is 11.5 Å². The van der Waals surface area contributed by atoms with Gasteiger partial charge in [0.1, 0.15) is 12.2 Å². The Balaban J connectivity index is 1.65. The average Bonchev–Trinajstić information content (AvgIpc) is 2.86. The topological polar surface area (TPSA) is 128 Å². The van der Waals surface area contributed by atoms with E-state index in [9.17, 15) is 24.5 Å². The lowest BCUT2D eigenvalue weighted by molar-refractivity contribution is -0.384. The van der Waals surface area contributed by atoms with Gasteiger partial charge in [0.05, 0.1) is 20.8 Å². The molecule has 4 amide bonds. The summed E-state index contributed by atoms with van der Waals surface area (Å²) in [6.45, 7) is 2.14. The van der Waals surface area contributed by atoms with Gasteiger partial charge in [0.2, 0.25) is 0 Å². The number of barbiturate groups is 1. The van der Waals surface area contributed by atoms with E-state index in [0.29, 0.717) is 37.8 Å². The van der Waals surface area contributed by atoms with Gasteiger partial charge in [-0.25, -0.2) is 9.69 Å². The summed E-state index contributed by atoms with van der Waals surface area (Å²) in [6.07, 6.45) is 1.36. The molecule has 3 aromatic carbocycles. The predicted molar refractivity (Wildman–Crippen MR) is 148 cm³/mol. The highest BCUT2D eigenvalue weighted by Gasteiger charge is 2.37. The number of non-ortho nitro benzene ring substituents is 1. The van der Waals surface area contributed by atoms with Gasteiger partial charge < -0.3 is 9.47 Å². The Bertz CT molecular complexity index is 1490. The molecule has 0 spiro atoms. The maximum Gasteiger partial charge on any atom is 0.335 e. The van der Waals surface area contributed by atoms with E-state index in [1.807, 2.05) is 22.6 Å². The van der Waals surface area contributed by atoms with Crippen molar-refractivity contribution in [3.63, 3.8) is 0 Å². The number of nitrogens with zero attached hydrogens (tertiary/aromatic N) is 2. The summed E-state index contributed by atoms with van der Waals surface area (Å²) in [5.41, 5.74) is 0.966. The van der Waals surface area contributed by atoms with E-state index in [4.69, 9.17) is 21.1 Å². The molecular formula is C26H19ClIN3O7. The molecule has 0 radical (unpaired) electrons. The van der Waals surface area contributed by atoms with Crippen molar-refractivity contribution in [2.45, 2.75) is 13.5 Å². The quantitative estimate of drug-likeness (QED) is 0.113. The van der Waals surface area contributed by atoms with Crippen molar-refractivity contribution in [3.05, 3.63) is 96.1 Å². The van der Waals surface area contributed by atoms with E-state index in [0.717, 1.165) is 4.90 Å². The number of nitrogens with one attached hydrogen (secondary N) is 1. The summed E-state index contributed by atoms with van der Waals surface area (Å²) < 4.78 is 12.3. The second-order valence-electron chi connectivity index (χ2n) is 7.92. The summed E-state index contributed by atoms with van der Waals surface area (Å²) in [5.74, 6) is -0.892. The third kappa shape index (κ3) is 5.94. The maximum atomic E-state index is 13.2. The lowest BCUT2D eigenvalue weighted by Gasteiger charge is -2.26. The number of carbonyl (C=O) groups excluding carboxylic acids is 3. The third-order valence-corrected chi connectivity index (χ3v) is 6.35. The van der Waals surface area contributed by atoms with Gasteiger partial charge in [-0.1, -0.05) is 29.8 Å². The molecule has 3 aromatic rings. The Morgan fingerprint density at radius 2 is 1.84 bits per heavy atom. The van der Waals surface area contributed by atoms with Crippen LogP contribution < -0.4 is 19.7 Å². The minimum atomic E-state index is -0.881. The Morgan fingerprint density at radius 1 is 1.08 bits per heavy atom. The monoisotopic (exact) mass is 647 g/mol. The van der Waals surface area contributed by atoms with Crippen molar-refractivity contribution in [2.75, 3.05) is 11.5 Å². The molecule has 194 valence electrons. The summed E-state index contributed by atoms with van der Waals surface area (Å²) in [6, 6.07) is 14.6. The number of hydrogen-bond donors (Lipinski definition) is 1. The first-order valence-electron chi connectivity index (χ1n) is 11.2. The zero-order valence-corrected chi connectivity index (χ0v) is 22.7. The minimum Gasteiger partial charge on any atom is -0.490 e. The van der Waals surface area contributed by atoms with Crippen LogP contribution in [0.3, 0.4) is 0 Å². The minimum absolute atomic E-state index is 0.0477. The summed E-state index contributed by atoms with van der Waals surface area (Å²) >= 11 is 8.04. The number of rotatable bonds is 8. The van der Waals surface area contributed by atoms with Crippen molar-refractivity contribution >= 4 is 69.5 Å². The highest BCUT2D eigenvalue weighted by molar-refractivity contribution is 14.1. The van der Waals surface area contributed by atoms with Crippen molar-refractivity contribution in [1.29, 1.82) is 0 Å². The van der Waals surface area contributed by atoms with E-state index in [1.165, 1.54) is 30.3 Å². The van der Waals surface area contributed by atoms with Crippen molar-refractivity contribution in [2.24, 2.45) is 0 Å². The molecular weight excluding hydrogens is 629 g/mol. The molecule has 1 fully saturated rings. The van der Waals surface area contributed by atoms with Gasteiger partial charge in [-0.15, -0.1) is 0 Å². The van der Waals surface area contributed by atoms with Crippen molar-refractivity contribution < 1.29 is 28.8 Å². The normalized spacial score (nSPS) is 14.4. The fraction of sp³-hybridized carbons (Fsp3) is 0.115. The van der Waals surface area contributed by atoms with Crippen LogP contribution in [-0.4, -0.2) is 29.4 Å². The number of nitro benzene ring substituents is 1. The van der Waals surface area contributed by atoms with Gasteiger partial charge in [0.15, 0.2) is 11.5 Å². The number of imide groups is 2. The first-order chi connectivity index (χ1) is 18.2. The van der Waals surface area contributed by atoms with Crippen LogP contribution in [0.25, 0.3) is 6.08 Å². The molecule has 1 aliphatic rings.